The van der Waals surface area contributed by atoms with Gasteiger partial charge in [0.05, 0.1) is 11.0 Å². The van der Waals surface area contributed by atoms with E-state index in [4.69, 9.17) is 10.5 Å². The molecule has 0 aromatic heterocycles. The van der Waals surface area contributed by atoms with Gasteiger partial charge < -0.3 is 10.5 Å². The molecule has 1 aliphatic carbocycles. The van der Waals surface area contributed by atoms with Crippen LogP contribution in [0.1, 0.15) is 12.8 Å². The molecule has 0 unspecified atom stereocenters. The Labute approximate surface area is 97.5 Å². The van der Waals surface area contributed by atoms with Crippen LogP contribution >= 0.6 is 0 Å². The predicted octanol–water partition coefficient (Wildman–Crippen LogP) is 1.85. The van der Waals surface area contributed by atoms with Crippen LogP contribution in [-0.2, 0) is 0 Å². The third-order valence-corrected chi connectivity index (χ3v) is 2.95. The number of nitrogens with two attached hydrogens (primary N) is 1. The van der Waals surface area contributed by atoms with Gasteiger partial charge in [0, 0.05) is 6.07 Å². The average Bonchev–Trinajstić information content (AvgIpc) is 2.24. The molecule has 0 heterocycles. The number of halogens is 1. The largest absolute Gasteiger partial charge is 0.481 e. The highest BCUT2D eigenvalue weighted by Gasteiger charge is 2.32. The molecule has 5 nitrogen and oxygen atoms in total. The van der Waals surface area contributed by atoms with Crippen LogP contribution in [0.3, 0.4) is 0 Å². The SMILES string of the molecule is NCC1CC(Oc2c(F)cccc2[N+](=O)[O-])C1. The summed E-state index contributed by atoms with van der Waals surface area (Å²) in [5.74, 6) is -0.584. The number of para-hydroxylation sites is 1. The van der Waals surface area contributed by atoms with Crippen LogP contribution in [0.4, 0.5) is 10.1 Å². The normalized spacial score (nSPS) is 22.9. The quantitative estimate of drug-likeness (QED) is 0.643. The van der Waals surface area contributed by atoms with Crippen LogP contribution < -0.4 is 10.5 Å². The third-order valence-electron chi connectivity index (χ3n) is 2.95. The van der Waals surface area contributed by atoms with Gasteiger partial charge in [-0.05, 0) is 31.4 Å². The fourth-order valence-electron chi connectivity index (χ4n) is 1.89. The van der Waals surface area contributed by atoms with E-state index in [1.807, 2.05) is 0 Å². The molecule has 0 aliphatic heterocycles. The lowest BCUT2D eigenvalue weighted by molar-refractivity contribution is -0.386. The van der Waals surface area contributed by atoms with Crippen molar-refractivity contribution in [3.63, 3.8) is 0 Å². The van der Waals surface area contributed by atoms with Gasteiger partial charge in [-0.15, -0.1) is 0 Å². The van der Waals surface area contributed by atoms with Gasteiger partial charge in [-0.25, -0.2) is 4.39 Å². The number of ether oxygens (including phenoxy) is 1. The zero-order chi connectivity index (χ0) is 12.4. The summed E-state index contributed by atoms with van der Waals surface area (Å²) >= 11 is 0. The van der Waals surface area contributed by atoms with Crippen LogP contribution in [0.15, 0.2) is 18.2 Å². The molecular formula is C11H13FN2O3. The van der Waals surface area contributed by atoms with Crippen molar-refractivity contribution in [1.82, 2.24) is 0 Å². The van der Waals surface area contributed by atoms with Crippen molar-refractivity contribution in [2.75, 3.05) is 6.54 Å². The van der Waals surface area contributed by atoms with Gasteiger partial charge in [-0.3, -0.25) is 10.1 Å². The Balaban J connectivity index is 2.12. The molecule has 92 valence electrons. The molecule has 0 amide bonds. The summed E-state index contributed by atoms with van der Waals surface area (Å²) in [6.45, 7) is 0.569. The highest BCUT2D eigenvalue weighted by atomic mass is 19.1. The van der Waals surface area contributed by atoms with E-state index in [1.165, 1.54) is 12.1 Å². The minimum Gasteiger partial charge on any atom is -0.481 e. The number of nitrogens with zero attached hydrogens (tertiary/aromatic N) is 1. The van der Waals surface area contributed by atoms with Crippen molar-refractivity contribution < 1.29 is 14.1 Å². The summed E-state index contributed by atoms with van der Waals surface area (Å²) in [6, 6.07) is 3.68. The maximum Gasteiger partial charge on any atom is 0.314 e. The van der Waals surface area contributed by atoms with E-state index >= 15 is 0 Å². The predicted molar refractivity (Wildman–Crippen MR) is 59.2 cm³/mol. The van der Waals surface area contributed by atoms with E-state index < -0.39 is 10.7 Å². The number of rotatable bonds is 4. The average molecular weight is 240 g/mol. The minimum atomic E-state index is -0.699. The van der Waals surface area contributed by atoms with Crippen molar-refractivity contribution in [1.29, 1.82) is 0 Å². The van der Waals surface area contributed by atoms with Crippen molar-refractivity contribution in [3.8, 4) is 5.75 Å². The first-order valence-corrected chi connectivity index (χ1v) is 5.41. The summed E-state index contributed by atoms with van der Waals surface area (Å²) in [5.41, 5.74) is 5.13. The van der Waals surface area contributed by atoms with Crippen LogP contribution in [0, 0.1) is 21.8 Å². The molecule has 1 aromatic rings. The number of hydrogen-bond donors (Lipinski definition) is 1. The van der Waals surface area contributed by atoms with Gasteiger partial charge >= 0.3 is 5.69 Å². The molecule has 0 radical (unpaired) electrons. The Morgan fingerprint density at radius 1 is 1.53 bits per heavy atom. The molecule has 6 heteroatoms. The lowest BCUT2D eigenvalue weighted by Crippen LogP contribution is -2.38. The fraction of sp³-hybridized carbons (Fsp3) is 0.455. The maximum absolute atomic E-state index is 13.5. The summed E-state index contributed by atoms with van der Waals surface area (Å²) in [5, 5.41) is 10.7. The molecule has 0 saturated heterocycles. The highest BCUT2D eigenvalue weighted by Crippen LogP contribution is 2.36. The Bertz CT molecular complexity index is 433. The monoisotopic (exact) mass is 240 g/mol. The van der Waals surface area contributed by atoms with Gasteiger partial charge in [-0.1, -0.05) is 6.07 Å². The van der Waals surface area contributed by atoms with Crippen LogP contribution in [0.5, 0.6) is 5.75 Å². The lowest BCUT2D eigenvalue weighted by atomic mass is 9.82. The Hall–Kier alpha value is -1.69. The molecule has 1 aromatic carbocycles. The second kappa shape index (κ2) is 4.67. The van der Waals surface area contributed by atoms with Gasteiger partial charge in [-0.2, -0.15) is 0 Å². The number of benzene rings is 1. The van der Waals surface area contributed by atoms with Crippen LogP contribution in [0.25, 0.3) is 0 Å². The molecular weight excluding hydrogens is 227 g/mol. The fourth-order valence-corrected chi connectivity index (χ4v) is 1.89. The minimum absolute atomic E-state index is 0.167. The van der Waals surface area contributed by atoms with Gasteiger partial charge in [0.25, 0.3) is 0 Å². The standard InChI is InChI=1S/C11H13FN2O3/c12-9-2-1-3-10(14(15)16)11(9)17-8-4-7(5-8)6-13/h1-3,7-8H,4-6,13H2. The second-order valence-electron chi connectivity index (χ2n) is 4.16. The van der Waals surface area contributed by atoms with Crippen molar-refractivity contribution in [2.45, 2.75) is 18.9 Å². The molecule has 2 rings (SSSR count). The molecule has 1 saturated carbocycles. The highest BCUT2D eigenvalue weighted by molar-refractivity contribution is 5.47. The molecule has 0 atom stereocenters. The molecule has 2 N–H and O–H groups in total. The van der Waals surface area contributed by atoms with E-state index in [2.05, 4.69) is 0 Å². The molecule has 1 fully saturated rings. The second-order valence-corrected chi connectivity index (χ2v) is 4.16. The number of nitro groups is 1. The van der Waals surface area contributed by atoms with E-state index in [0.29, 0.717) is 12.5 Å². The van der Waals surface area contributed by atoms with Gasteiger partial charge in [0.1, 0.15) is 0 Å². The van der Waals surface area contributed by atoms with Crippen LogP contribution in [0.2, 0.25) is 0 Å². The summed E-state index contributed by atoms with van der Waals surface area (Å²) in [7, 11) is 0. The van der Waals surface area contributed by atoms with E-state index in [-0.39, 0.29) is 17.5 Å². The van der Waals surface area contributed by atoms with Crippen LogP contribution in [-0.4, -0.2) is 17.6 Å². The Morgan fingerprint density at radius 2 is 2.24 bits per heavy atom. The molecule has 0 spiro atoms. The summed E-state index contributed by atoms with van der Waals surface area (Å²) in [4.78, 5) is 10.1. The molecule has 0 bridgehead atoms. The summed E-state index contributed by atoms with van der Waals surface area (Å²) < 4.78 is 18.8. The summed E-state index contributed by atoms with van der Waals surface area (Å²) in [6.07, 6.45) is 1.28. The van der Waals surface area contributed by atoms with E-state index in [1.54, 1.807) is 0 Å². The first-order chi connectivity index (χ1) is 8.11. The molecule has 17 heavy (non-hydrogen) atoms. The first-order valence-electron chi connectivity index (χ1n) is 5.41. The van der Waals surface area contributed by atoms with Gasteiger partial charge in [0.15, 0.2) is 5.82 Å². The number of hydrogen-bond acceptors (Lipinski definition) is 4. The van der Waals surface area contributed by atoms with E-state index in [0.717, 1.165) is 18.9 Å². The smallest absolute Gasteiger partial charge is 0.314 e. The first kappa shape index (κ1) is 11.8. The zero-order valence-corrected chi connectivity index (χ0v) is 9.14. The van der Waals surface area contributed by atoms with Gasteiger partial charge in [0.2, 0.25) is 5.75 Å². The molecule has 1 aliphatic rings. The van der Waals surface area contributed by atoms with E-state index in [9.17, 15) is 14.5 Å². The third kappa shape index (κ3) is 2.36. The Morgan fingerprint density at radius 3 is 2.82 bits per heavy atom. The lowest BCUT2D eigenvalue weighted by Gasteiger charge is -2.34. The van der Waals surface area contributed by atoms with Crippen molar-refractivity contribution >= 4 is 5.69 Å². The van der Waals surface area contributed by atoms with Crippen molar-refractivity contribution in [2.24, 2.45) is 11.7 Å². The maximum atomic E-state index is 13.5. The topological polar surface area (TPSA) is 78.4 Å². The van der Waals surface area contributed by atoms with Crippen molar-refractivity contribution in [3.05, 3.63) is 34.1 Å². The Kier molecular flexibility index (Phi) is 3.23. The number of nitro benzene ring substituents is 1. The zero-order valence-electron chi connectivity index (χ0n) is 9.14.